The number of hydrogen-bond acceptors (Lipinski definition) is 6. The first kappa shape index (κ1) is 15.3. The van der Waals surface area contributed by atoms with Crippen LogP contribution in [0.5, 0.6) is 0 Å². The van der Waals surface area contributed by atoms with E-state index in [4.69, 9.17) is 14.0 Å². The molecule has 3 heterocycles. The number of carbonyl (C=O) groups is 2. The van der Waals surface area contributed by atoms with Crippen molar-refractivity contribution in [3.63, 3.8) is 0 Å². The zero-order valence-electron chi connectivity index (χ0n) is 12.5. The minimum Gasteiger partial charge on any atom is -0.481 e. The molecule has 23 heavy (non-hydrogen) atoms. The Bertz CT molecular complexity index is 679. The summed E-state index contributed by atoms with van der Waals surface area (Å²) in [6, 6.07) is 1.72. The molecule has 1 saturated heterocycles. The maximum atomic E-state index is 12.2. The molecular weight excluding hydrogens is 302 g/mol. The van der Waals surface area contributed by atoms with Gasteiger partial charge in [0.25, 0.3) is 0 Å². The lowest BCUT2D eigenvalue weighted by Crippen LogP contribution is -2.42. The number of carboxylic acid groups (broad SMARTS) is 1. The van der Waals surface area contributed by atoms with Crippen LogP contribution in [0.15, 0.2) is 27.5 Å². The van der Waals surface area contributed by atoms with Crippen molar-refractivity contribution in [1.29, 1.82) is 0 Å². The Morgan fingerprint density at radius 3 is 3.04 bits per heavy atom. The molecule has 1 aliphatic rings. The van der Waals surface area contributed by atoms with Gasteiger partial charge in [-0.15, -0.1) is 0 Å². The number of amides is 1. The fourth-order valence-corrected chi connectivity index (χ4v) is 2.64. The first-order valence-electron chi connectivity index (χ1n) is 7.49. The molecular formula is C15H17N3O5. The third-order valence-corrected chi connectivity index (χ3v) is 3.92. The van der Waals surface area contributed by atoms with Gasteiger partial charge in [0, 0.05) is 25.9 Å². The highest BCUT2D eigenvalue weighted by Crippen LogP contribution is 2.19. The Hall–Kier alpha value is -2.64. The molecule has 2 aromatic rings. The normalized spacial score (nSPS) is 18.1. The molecule has 8 nitrogen and oxygen atoms in total. The lowest BCUT2D eigenvalue weighted by Gasteiger charge is -2.30. The van der Waals surface area contributed by atoms with E-state index in [9.17, 15) is 9.59 Å². The number of aliphatic carboxylic acids is 1. The van der Waals surface area contributed by atoms with Crippen LogP contribution in [0.1, 0.15) is 25.2 Å². The summed E-state index contributed by atoms with van der Waals surface area (Å²) >= 11 is 0. The molecule has 2 aromatic heterocycles. The number of rotatable bonds is 5. The lowest BCUT2D eigenvalue weighted by atomic mass is 9.98. The van der Waals surface area contributed by atoms with Crippen molar-refractivity contribution in [3.8, 4) is 11.4 Å². The van der Waals surface area contributed by atoms with Gasteiger partial charge in [-0.3, -0.25) is 9.59 Å². The van der Waals surface area contributed by atoms with E-state index in [1.54, 1.807) is 11.0 Å². The number of likely N-dealkylation sites (tertiary alicyclic amines) is 1. The molecule has 1 fully saturated rings. The van der Waals surface area contributed by atoms with Gasteiger partial charge in [-0.1, -0.05) is 5.16 Å². The number of nitrogens with zero attached hydrogens (tertiary/aromatic N) is 3. The van der Waals surface area contributed by atoms with E-state index in [0.717, 1.165) is 0 Å². The zero-order chi connectivity index (χ0) is 16.2. The molecule has 1 N–H and O–H groups in total. The highest BCUT2D eigenvalue weighted by molar-refractivity contribution is 5.78. The van der Waals surface area contributed by atoms with Crippen molar-refractivity contribution in [2.75, 3.05) is 13.1 Å². The largest absolute Gasteiger partial charge is 0.481 e. The number of aryl methyl sites for hydroxylation is 1. The lowest BCUT2D eigenvalue weighted by molar-refractivity contribution is -0.145. The minimum atomic E-state index is -0.843. The Morgan fingerprint density at radius 1 is 1.43 bits per heavy atom. The number of carboxylic acids is 1. The van der Waals surface area contributed by atoms with Crippen LogP contribution in [-0.4, -0.2) is 45.1 Å². The molecule has 1 atom stereocenters. The number of hydrogen-bond donors (Lipinski definition) is 1. The molecule has 0 saturated carbocycles. The van der Waals surface area contributed by atoms with Crippen molar-refractivity contribution in [2.24, 2.45) is 5.92 Å². The topological polar surface area (TPSA) is 110 Å². The summed E-state index contributed by atoms with van der Waals surface area (Å²) < 4.78 is 10.1. The maximum Gasteiger partial charge on any atom is 0.308 e. The SMILES string of the molecule is O=C(O)C1CCCN(C(=O)CCc2nc(-c3ccoc3)no2)C1. The molecule has 0 bridgehead atoms. The van der Waals surface area contributed by atoms with Crippen LogP contribution in [0.4, 0.5) is 0 Å². The van der Waals surface area contributed by atoms with Crippen LogP contribution in [0.25, 0.3) is 11.4 Å². The van der Waals surface area contributed by atoms with E-state index < -0.39 is 11.9 Å². The van der Waals surface area contributed by atoms with Crippen molar-refractivity contribution in [1.82, 2.24) is 15.0 Å². The number of aromatic nitrogens is 2. The third kappa shape index (κ3) is 3.58. The molecule has 3 rings (SSSR count). The molecule has 122 valence electrons. The molecule has 0 spiro atoms. The van der Waals surface area contributed by atoms with E-state index in [1.807, 2.05) is 0 Å². The Labute approximate surface area is 132 Å². The molecule has 0 aliphatic carbocycles. The highest BCUT2D eigenvalue weighted by atomic mass is 16.5. The van der Waals surface area contributed by atoms with Gasteiger partial charge in [-0.25, -0.2) is 0 Å². The zero-order valence-corrected chi connectivity index (χ0v) is 12.5. The second-order valence-corrected chi connectivity index (χ2v) is 5.54. The molecule has 8 heteroatoms. The van der Waals surface area contributed by atoms with Crippen molar-refractivity contribution in [2.45, 2.75) is 25.7 Å². The number of furan rings is 1. The van der Waals surface area contributed by atoms with Crippen LogP contribution in [0.2, 0.25) is 0 Å². The van der Waals surface area contributed by atoms with E-state index >= 15 is 0 Å². The van der Waals surface area contributed by atoms with E-state index in [1.165, 1.54) is 12.5 Å². The molecule has 1 aliphatic heterocycles. The van der Waals surface area contributed by atoms with E-state index in [2.05, 4.69) is 10.1 Å². The second-order valence-electron chi connectivity index (χ2n) is 5.54. The Balaban J connectivity index is 1.54. The summed E-state index contributed by atoms with van der Waals surface area (Å²) in [5.74, 6) is -0.599. The van der Waals surface area contributed by atoms with Crippen LogP contribution >= 0.6 is 0 Å². The molecule has 0 aromatic carbocycles. The fourth-order valence-electron chi connectivity index (χ4n) is 2.64. The minimum absolute atomic E-state index is 0.0842. The van der Waals surface area contributed by atoms with Gasteiger partial charge in [0.15, 0.2) is 0 Å². The Kier molecular flexibility index (Phi) is 4.40. The van der Waals surface area contributed by atoms with Crippen LogP contribution < -0.4 is 0 Å². The summed E-state index contributed by atoms with van der Waals surface area (Å²) in [7, 11) is 0. The maximum absolute atomic E-state index is 12.2. The van der Waals surface area contributed by atoms with Gasteiger partial charge in [-0.2, -0.15) is 4.98 Å². The van der Waals surface area contributed by atoms with Crippen LogP contribution in [0.3, 0.4) is 0 Å². The smallest absolute Gasteiger partial charge is 0.308 e. The Morgan fingerprint density at radius 2 is 2.30 bits per heavy atom. The van der Waals surface area contributed by atoms with Gasteiger partial charge in [0.1, 0.15) is 6.26 Å². The van der Waals surface area contributed by atoms with Crippen LogP contribution in [-0.2, 0) is 16.0 Å². The standard InChI is InChI=1S/C15H17N3O5/c19-13(18-6-1-2-10(8-18)15(20)21)4-3-12-16-14(17-23-12)11-5-7-22-9-11/h5,7,9-10H,1-4,6,8H2,(H,20,21). The average Bonchev–Trinajstić information content (AvgIpc) is 3.23. The summed E-state index contributed by atoms with van der Waals surface area (Å²) in [6.07, 6.45) is 4.92. The first-order chi connectivity index (χ1) is 11.1. The van der Waals surface area contributed by atoms with Crippen molar-refractivity contribution >= 4 is 11.9 Å². The quantitative estimate of drug-likeness (QED) is 0.891. The monoisotopic (exact) mass is 319 g/mol. The van der Waals surface area contributed by atoms with Gasteiger partial charge in [-0.05, 0) is 18.9 Å². The second kappa shape index (κ2) is 6.64. The van der Waals surface area contributed by atoms with Gasteiger partial charge >= 0.3 is 5.97 Å². The van der Waals surface area contributed by atoms with E-state index in [-0.39, 0.29) is 18.9 Å². The highest BCUT2D eigenvalue weighted by Gasteiger charge is 2.28. The number of piperidine rings is 1. The van der Waals surface area contributed by atoms with E-state index in [0.29, 0.717) is 43.1 Å². The number of carbonyl (C=O) groups excluding carboxylic acids is 1. The first-order valence-corrected chi connectivity index (χ1v) is 7.49. The van der Waals surface area contributed by atoms with Gasteiger partial charge < -0.3 is 18.9 Å². The summed E-state index contributed by atoms with van der Waals surface area (Å²) in [5.41, 5.74) is 0.714. The molecule has 0 radical (unpaired) electrons. The van der Waals surface area contributed by atoms with Crippen molar-refractivity contribution in [3.05, 3.63) is 24.5 Å². The predicted molar refractivity (Wildman–Crippen MR) is 77.3 cm³/mol. The van der Waals surface area contributed by atoms with Gasteiger partial charge in [0.05, 0.1) is 17.7 Å². The van der Waals surface area contributed by atoms with Crippen LogP contribution in [0, 0.1) is 5.92 Å². The molecule has 1 amide bonds. The fraction of sp³-hybridized carbons (Fsp3) is 0.467. The summed E-state index contributed by atoms with van der Waals surface area (Å²) in [5, 5.41) is 12.9. The van der Waals surface area contributed by atoms with Gasteiger partial charge in [0.2, 0.25) is 17.6 Å². The molecule has 1 unspecified atom stereocenters. The summed E-state index contributed by atoms with van der Waals surface area (Å²) in [6.45, 7) is 0.880. The van der Waals surface area contributed by atoms with Crippen molar-refractivity contribution < 1.29 is 23.6 Å². The third-order valence-electron chi connectivity index (χ3n) is 3.92. The average molecular weight is 319 g/mol. The predicted octanol–water partition coefficient (Wildman–Crippen LogP) is 1.59. The summed E-state index contributed by atoms with van der Waals surface area (Å²) in [4.78, 5) is 29.1.